The summed E-state index contributed by atoms with van der Waals surface area (Å²) in [6, 6.07) is 9.45. The molecule has 1 aromatic heterocycles. The summed E-state index contributed by atoms with van der Waals surface area (Å²) in [5.74, 6) is 1.22. The first-order chi connectivity index (χ1) is 12.3. The molecule has 3 rings (SSSR count). The predicted molar refractivity (Wildman–Crippen MR) is 103 cm³/mol. The van der Waals surface area contributed by atoms with Crippen molar-refractivity contribution in [2.45, 2.75) is 58.0 Å². The number of anilines is 1. The zero-order valence-corrected chi connectivity index (χ0v) is 16.3. The Morgan fingerprint density at radius 1 is 1.31 bits per heavy atom. The van der Waals surface area contributed by atoms with Gasteiger partial charge in [0, 0.05) is 23.0 Å². The molecule has 140 valence electrons. The molecule has 2 heterocycles. The van der Waals surface area contributed by atoms with Gasteiger partial charge in [0.15, 0.2) is 5.82 Å². The van der Waals surface area contributed by atoms with E-state index in [1.807, 2.05) is 51.1 Å². The Morgan fingerprint density at radius 2 is 2.04 bits per heavy atom. The highest BCUT2D eigenvalue weighted by Crippen LogP contribution is 2.26. The third kappa shape index (κ3) is 4.65. The smallest absolute Gasteiger partial charge is 0.242 e. The van der Waals surface area contributed by atoms with Gasteiger partial charge in [0.25, 0.3) is 0 Å². The highest BCUT2D eigenvalue weighted by atomic mass is 35.5. The molecule has 1 saturated heterocycles. The van der Waals surface area contributed by atoms with E-state index in [1.54, 1.807) is 0 Å². The number of likely N-dealkylation sites (tertiary alicyclic amines) is 1. The van der Waals surface area contributed by atoms with Crippen molar-refractivity contribution in [3.05, 3.63) is 46.7 Å². The summed E-state index contributed by atoms with van der Waals surface area (Å²) in [7, 11) is 0. The van der Waals surface area contributed by atoms with E-state index in [1.165, 1.54) is 0 Å². The molecule has 0 radical (unpaired) electrons. The summed E-state index contributed by atoms with van der Waals surface area (Å²) in [5, 5.41) is 7.64. The molecular formula is C20H26ClN3O2. The molecule has 0 spiro atoms. The van der Waals surface area contributed by atoms with Crippen molar-refractivity contribution in [2.75, 3.05) is 11.9 Å². The predicted octanol–water partition coefficient (Wildman–Crippen LogP) is 4.62. The number of halogens is 1. The molecule has 1 amide bonds. The van der Waals surface area contributed by atoms with Gasteiger partial charge in [0.1, 0.15) is 5.76 Å². The Balaban J connectivity index is 1.67. The van der Waals surface area contributed by atoms with Gasteiger partial charge in [-0.2, -0.15) is 0 Å². The van der Waals surface area contributed by atoms with Crippen LogP contribution in [0.3, 0.4) is 0 Å². The Kier molecular flexibility index (Phi) is 5.68. The quantitative estimate of drug-likeness (QED) is 0.847. The number of hydrogen-bond donors (Lipinski definition) is 1. The molecule has 1 aliphatic rings. The minimum atomic E-state index is -0.158. The first-order valence-electron chi connectivity index (χ1n) is 9.09. The van der Waals surface area contributed by atoms with Crippen molar-refractivity contribution in [3.8, 4) is 0 Å². The Morgan fingerprint density at radius 3 is 2.69 bits per heavy atom. The number of nitrogens with zero attached hydrogens (tertiary/aromatic N) is 2. The van der Waals surface area contributed by atoms with Crippen LogP contribution in [-0.4, -0.2) is 28.6 Å². The van der Waals surface area contributed by atoms with Crippen molar-refractivity contribution in [2.24, 2.45) is 0 Å². The Bertz CT molecular complexity index is 749. The summed E-state index contributed by atoms with van der Waals surface area (Å²) in [5.41, 5.74) is 1.02. The van der Waals surface area contributed by atoms with Crippen molar-refractivity contribution in [3.63, 3.8) is 0 Å². The second kappa shape index (κ2) is 7.80. The Labute approximate surface area is 159 Å². The van der Waals surface area contributed by atoms with Gasteiger partial charge in [0.05, 0.1) is 6.04 Å². The number of hydrogen-bond acceptors (Lipinski definition) is 4. The summed E-state index contributed by atoms with van der Waals surface area (Å²) in [4.78, 5) is 15.1. The van der Waals surface area contributed by atoms with Gasteiger partial charge in [-0.1, -0.05) is 56.1 Å². The van der Waals surface area contributed by atoms with E-state index in [2.05, 4.69) is 15.4 Å². The van der Waals surface area contributed by atoms with E-state index < -0.39 is 0 Å². The van der Waals surface area contributed by atoms with Crippen LogP contribution in [0.1, 0.15) is 51.4 Å². The molecule has 1 fully saturated rings. The zero-order chi connectivity index (χ0) is 18.7. The highest BCUT2D eigenvalue weighted by Gasteiger charge is 2.29. The lowest BCUT2D eigenvalue weighted by molar-refractivity contribution is -0.122. The van der Waals surface area contributed by atoms with Crippen LogP contribution in [0.15, 0.2) is 34.9 Å². The Hall–Kier alpha value is -1.85. The zero-order valence-electron chi connectivity index (χ0n) is 15.6. The first kappa shape index (κ1) is 18.9. The van der Waals surface area contributed by atoms with Gasteiger partial charge in [-0.25, -0.2) is 0 Å². The second-order valence-corrected chi connectivity index (χ2v) is 8.36. The fourth-order valence-electron chi connectivity index (χ4n) is 3.20. The molecule has 0 bridgehead atoms. The molecule has 2 aromatic rings. The number of nitrogens with one attached hydrogen (secondary N) is 1. The summed E-state index contributed by atoms with van der Waals surface area (Å²) in [6.07, 6.45) is 3.01. The molecule has 0 aliphatic carbocycles. The minimum Gasteiger partial charge on any atom is -0.359 e. The number of carbonyl (C=O) groups is 1. The molecule has 1 aliphatic heterocycles. The number of amides is 1. The maximum Gasteiger partial charge on any atom is 0.242 e. The second-order valence-electron chi connectivity index (χ2n) is 7.92. The van der Waals surface area contributed by atoms with Crippen LogP contribution in [0.25, 0.3) is 0 Å². The first-order valence-corrected chi connectivity index (χ1v) is 9.47. The van der Waals surface area contributed by atoms with Crippen LogP contribution < -0.4 is 5.32 Å². The number of rotatable bonds is 4. The van der Waals surface area contributed by atoms with Crippen molar-refractivity contribution in [1.82, 2.24) is 10.1 Å². The molecule has 26 heavy (non-hydrogen) atoms. The number of carbonyl (C=O) groups excluding carboxylic acids is 1. The van der Waals surface area contributed by atoms with Crippen LogP contribution in [0.4, 0.5) is 5.82 Å². The number of aromatic nitrogens is 1. The lowest BCUT2D eigenvalue weighted by Crippen LogP contribution is -2.46. The topological polar surface area (TPSA) is 58.4 Å². The van der Waals surface area contributed by atoms with Crippen LogP contribution in [0.2, 0.25) is 5.02 Å². The minimum absolute atomic E-state index is 0.0209. The van der Waals surface area contributed by atoms with E-state index in [4.69, 9.17) is 16.1 Å². The summed E-state index contributed by atoms with van der Waals surface area (Å²) in [6.45, 7) is 7.80. The lowest BCUT2D eigenvalue weighted by atomic mass is 9.93. The van der Waals surface area contributed by atoms with E-state index in [0.29, 0.717) is 5.82 Å². The number of piperidine rings is 1. The molecule has 1 aromatic carbocycles. The van der Waals surface area contributed by atoms with Crippen LogP contribution >= 0.6 is 11.6 Å². The van der Waals surface area contributed by atoms with Crippen molar-refractivity contribution in [1.29, 1.82) is 0 Å². The maximum absolute atomic E-state index is 12.8. The van der Waals surface area contributed by atoms with Crippen LogP contribution in [0.5, 0.6) is 0 Å². The summed E-state index contributed by atoms with van der Waals surface area (Å²) >= 11 is 5.96. The largest absolute Gasteiger partial charge is 0.359 e. The van der Waals surface area contributed by atoms with Crippen LogP contribution in [-0.2, 0) is 16.8 Å². The molecule has 5 nitrogen and oxygen atoms in total. The third-order valence-corrected chi connectivity index (χ3v) is 4.97. The average molecular weight is 376 g/mol. The van der Waals surface area contributed by atoms with E-state index in [-0.39, 0.29) is 17.4 Å². The average Bonchev–Trinajstić information content (AvgIpc) is 3.06. The fraction of sp³-hybridized carbons (Fsp3) is 0.500. The summed E-state index contributed by atoms with van der Waals surface area (Å²) < 4.78 is 5.36. The fourth-order valence-corrected chi connectivity index (χ4v) is 3.32. The van der Waals surface area contributed by atoms with Crippen molar-refractivity contribution < 1.29 is 9.32 Å². The molecule has 6 heteroatoms. The lowest BCUT2D eigenvalue weighted by Gasteiger charge is -2.34. The van der Waals surface area contributed by atoms with Gasteiger partial charge < -0.3 is 9.84 Å². The van der Waals surface area contributed by atoms with E-state index >= 15 is 0 Å². The number of benzene rings is 1. The molecule has 1 atom stereocenters. The molecular weight excluding hydrogens is 350 g/mol. The van der Waals surface area contributed by atoms with Gasteiger partial charge in [-0.05, 0) is 37.1 Å². The van der Waals surface area contributed by atoms with Crippen LogP contribution in [0, 0.1) is 0 Å². The van der Waals surface area contributed by atoms with Gasteiger partial charge >= 0.3 is 0 Å². The molecule has 1 N–H and O–H groups in total. The standard InChI is InChI=1S/C20H26ClN3O2/c1-20(2,3)17-12-18(23-26-17)22-19(25)16-6-4-5-11-24(16)13-14-7-9-15(21)10-8-14/h7-10,12,16H,4-6,11,13H2,1-3H3,(H,22,23,25). The monoisotopic (exact) mass is 375 g/mol. The maximum atomic E-state index is 12.8. The SMILES string of the molecule is CC(C)(C)c1cc(NC(=O)C2CCCCN2Cc2ccc(Cl)cc2)no1. The van der Waals surface area contributed by atoms with E-state index in [0.717, 1.165) is 48.7 Å². The normalized spacial score (nSPS) is 18.7. The highest BCUT2D eigenvalue weighted by molar-refractivity contribution is 6.30. The van der Waals surface area contributed by atoms with E-state index in [9.17, 15) is 4.79 Å². The third-order valence-electron chi connectivity index (χ3n) is 4.72. The van der Waals surface area contributed by atoms with Crippen molar-refractivity contribution >= 4 is 23.3 Å². The van der Waals surface area contributed by atoms with Gasteiger partial charge in [-0.15, -0.1) is 0 Å². The van der Waals surface area contributed by atoms with Gasteiger partial charge in [-0.3, -0.25) is 9.69 Å². The molecule has 0 saturated carbocycles. The molecule has 1 unspecified atom stereocenters. The van der Waals surface area contributed by atoms with Gasteiger partial charge in [0.2, 0.25) is 5.91 Å².